The molecule has 2 amide bonds. The Bertz CT molecular complexity index is 1110. The lowest BCUT2D eigenvalue weighted by molar-refractivity contribution is -0.137. The highest BCUT2D eigenvalue weighted by atomic mass is 32.1. The molecule has 0 aliphatic heterocycles. The zero-order valence-corrected chi connectivity index (χ0v) is 18.6. The maximum Gasteiger partial charge on any atom is 0.325 e. The van der Waals surface area contributed by atoms with E-state index in [1.165, 1.54) is 16.9 Å². The number of anilines is 2. The first-order chi connectivity index (χ1) is 15.5. The maximum absolute atomic E-state index is 12.2. The van der Waals surface area contributed by atoms with Crippen molar-refractivity contribution in [3.63, 3.8) is 0 Å². The second-order valence-corrected chi connectivity index (χ2v) is 8.96. The van der Waals surface area contributed by atoms with E-state index in [2.05, 4.69) is 15.6 Å². The lowest BCUT2D eigenvalue weighted by atomic mass is 9.98. The SMILES string of the molecule is Cc1sc(NC(=O)Nc2ccccc2)nc1CCOc1ccc2c(c1)CC[C@H]2CC(=O)O. The van der Waals surface area contributed by atoms with Crippen LogP contribution in [0.2, 0.25) is 0 Å². The van der Waals surface area contributed by atoms with Crippen LogP contribution in [0.1, 0.15) is 40.5 Å². The van der Waals surface area contributed by atoms with Crippen molar-refractivity contribution in [2.24, 2.45) is 0 Å². The molecule has 166 valence electrons. The number of urea groups is 1. The molecule has 0 radical (unpaired) electrons. The number of fused-ring (bicyclic) bond motifs is 1. The molecule has 8 heteroatoms. The van der Waals surface area contributed by atoms with Crippen LogP contribution in [0.15, 0.2) is 48.5 Å². The van der Waals surface area contributed by atoms with Crippen LogP contribution in [0.3, 0.4) is 0 Å². The van der Waals surface area contributed by atoms with Gasteiger partial charge < -0.3 is 15.2 Å². The van der Waals surface area contributed by atoms with Gasteiger partial charge in [0.2, 0.25) is 0 Å². The molecule has 2 aromatic carbocycles. The number of aromatic nitrogens is 1. The van der Waals surface area contributed by atoms with Crippen LogP contribution in [-0.4, -0.2) is 28.7 Å². The van der Waals surface area contributed by atoms with Gasteiger partial charge in [0.05, 0.1) is 18.7 Å². The van der Waals surface area contributed by atoms with Crippen LogP contribution in [-0.2, 0) is 17.6 Å². The number of para-hydroxylation sites is 1. The number of carbonyl (C=O) groups excluding carboxylic acids is 1. The van der Waals surface area contributed by atoms with Gasteiger partial charge in [-0.05, 0) is 61.1 Å². The number of carboxylic acids is 1. The lowest BCUT2D eigenvalue weighted by Gasteiger charge is -2.10. The molecule has 1 aromatic heterocycles. The van der Waals surface area contributed by atoms with E-state index in [1.54, 1.807) is 0 Å². The van der Waals surface area contributed by atoms with E-state index in [0.717, 1.165) is 40.4 Å². The fourth-order valence-corrected chi connectivity index (χ4v) is 4.81. The van der Waals surface area contributed by atoms with Gasteiger partial charge in [-0.3, -0.25) is 10.1 Å². The molecule has 1 aliphatic rings. The third kappa shape index (κ3) is 5.45. The molecule has 32 heavy (non-hydrogen) atoms. The monoisotopic (exact) mass is 451 g/mol. The summed E-state index contributed by atoms with van der Waals surface area (Å²) in [5, 5.41) is 15.2. The Balaban J connectivity index is 1.29. The summed E-state index contributed by atoms with van der Waals surface area (Å²) in [7, 11) is 0. The molecule has 3 N–H and O–H groups in total. The minimum absolute atomic E-state index is 0.0965. The Labute approximate surface area is 190 Å². The Morgan fingerprint density at radius 3 is 2.78 bits per heavy atom. The van der Waals surface area contributed by atoms with Gasteiger partial charge in [0.25, 0.3) is 0 Å². The Morgan fingerprint density at radius 2 is 2.00 bits per heavy atom. The van der Waals surface area contributed by atoms with Gasteiger partial charge in [0.15, 0.2) is 5.13 Å². The number of amides is 2. The number of thiazole rings is 1. The minimum Gasteiger partial charge on any atom is -0.493 e. The summed E-state index contributed by atoms with van der Waals surface area (Å²) < 4.78 is 5.92. The van der Waals surface area contributed by atoms with E-state index in [4.69, 9.17) is 9.84 Å². The molecular weight excluding hydrogens is 426 g/mol. The molecule has 1 atom stereocenters. The first-order valence-electron chi connectivity index (χ1n) is 10.5. The quantitative estimate of drug-likeness (QED) is 0.436. The van der Waals surface area contributed by atoms with Gasteiger partial charge in [-0.25, -0.2) is 9.78 Å². The van der Waals surface area contributed by atoms with Crippen molar-refractivity contribution in [2.45, 2.75) is 38.5 Å². The predicted octanol–water partition coefficient (Wildman–Crippen LogP) is 5.22. The van der Waals surface area contributed by atoms with Crippen molar-refractivity contribution in [3.8, 4) is 5.75 Å². The summed E-state index contributed by atoms with van der Waals surface area (Å²) in [6.45, 7) is 2.45. The smallest absolute Gasteiger partial charge is 0.325 e. The van der Waals surface area contributed by atoms with Crippen molar-refractivity contribution in [2.75, 3.05) is 17.2 Å². The third-order valence-corrected chi connectivity index (χ3v) is 6.42. The van der Waals surface area contributed by atoms with Gasteiger partial charge in [-0.15, -0.1) is 11.3 Å². The fourth-order valence-electron chi connectivity index (χ4n) is 3.95. The average Bonchev–Trinajstić information content (AvgIpc) is 3.31. The molecule has 3 aromatic rings. The molecule has 4 rings (SSSR count). The molecule has 0 saturated heterocycles. The zero-order chi connectivity index (χ0) is 22.5. The van der Waals surface area contributed by atoms with E-state index in [0.29, 0.717) is 18.2 Å². The summed E-state index contributed by atoms with van der Waals surface area (Å²) in [5.74, 6) is 0.126. The van der Waals surface area contributed by atoms with Crippen molar-refractivity contribution < 1.29 is 19.4 Å². The second kappa shape index (κ2) is 9.82. The number of nitrogens with zero attached hydrogens (tertiary/aromatic N) is 1. The molecular formula is C24H25N3O4S. The number of hydrogen-bond donors (Lipinski definition) is 3. The van der Waals surface area contributed by atoms with Crippen molar-refractivity contribution in [3.05, 3.63) is 70.2 Å². The highest BCUT2D eigenvalue weighted by Crippen LogP contribution is 2.37. The summed E-state index contributed by atoms with van der Waals surface area (Å²) in [4.78, 5) is 28.8. The van der Waals surface area contributed by atoms with E-state index >= 15 is 0 Å². The number of rotatable bonds is 8. The lowest BCUT2D eigenvalue weighted by Crippen LogP contribution is -2.19. The number of ether oxygens (including phenoxy) is 1. The van der Waals surface area contributed by atoms with E-state index in [-0.39, 0.29) is 18.4 Å². The summed E-state index contributed by atoms with van der Waals surface area (Å²) in [6, 6.07) is 14.8. The van der Waals surface area contributed by atoms with Gasteiger partial charge in [0, 0.05) is 17.0 Å². The zero-order valence-electron chi connectivity index (χ0n) is 17.8. The number of carbonyl (C=O) groups is 2. The number of nitrogens with one attached hydrogen (secondary N) is 2. The van der Waals surface area contributed by atoms with Gasteiger partial charge in [-0.1, -0.05) is 24.3 Å². The van der Waals surface area contributed by atoms with E-state index in [9.17, 15) is 9.59 Å². The first-order valence-corrected chi connectivity index (χ1v) is 11.4. The number of aryl methyl sites for hydroxylation is 2. The Hall–Kier alpha value is -3.39. The van der Waals surface area contributed by atoms with E-state index in [1.807, 2.05) is 55.5 Å². The van der Waals surface area contributed by atoms with Crippen LogP contribution >= 0.6 is 11.3 Å². The van der Waals surface area contributed by atoms with E-state index < -0.39 is 5.97 Å². The van der Waals surface area contributed by atoms with Crippen LogP contribution in [0.5, 0.6) is 5.75 Å². The van der Waals surface area contributed by atoms with Crippen LogP contribution in [0.4, 0.5) is 15.6 Å². The van der Waals surface area contributed by atoms with Crippen molar-refractivity contribution in [1.29, 1.82) is 0 Å². The molecule has 0 unspecified atom stereocenters. The summed E-state index contributed by atoms with van der Waals surface area (Å²) in [5.41, 5.74) is 3.91. The highest BCUT2D eigenvalue weighted by Gasteiger charge is 2.24. The number of aliphatic carboxylic acids is 1. The predicted molar refractivity (Wildman–Crippen MR) is 125 cm³/mol. The van der Waals surface area contributed by atoms with Gasteiger partial charge in [-0.2, -0.15) is 0 Å². The molecule has 0 saturated carbocycles. The number of carboxylic acid groups (broad SMARTS) is 1. The highest BCUT2D eigenvalue weighted by molar-refractivity contribution is 7.15. The Kier molecular flexibility index (Phi) is 6.70. The second-order valence-electron chi connectivity index (χ2n) is 7.76. The van der Waals surface area contributed by atoms with Gasteiger partial charge >= 0.3 is 12.0 Å². The number of hydrogen-bond acceptors (Lipinski definition) is 5. The standard InChI is InChI=1S/C24H25N3O4S/c1-15-21(26-24(32-15)27-23(30)25-18-5-3-2-4-6-18)11-12-31-19-9-10-20-16(13-19)7-8-17(20)14-22(28)29/h2-6,9-10,13,17H,7-8,11-12,14H2,1H3,(H,28,29)(H2,25,26,27,30)/t17-/m0/s1. The molecule has 7 nitrogen and oxygen atoms in total. The minimum atomic E-state index is -0.756. The van der Waals surface area contributed by atoms with Crippen LogP contribution < -0.4 is 15.4 Å². The first kappa shape index (κ1) is 21.8. The van der Waals surface area contributed by atoms with Crippen molar-refractivity contribution in [1.82, 2.24) is 4.98 Å². The molecule has 0 bridgehead atoms. The fraction of sp³-hybridized carbons (Fsp3) is 0.292. The maximum atomic E-state index is 12.2. The van der Waals surface area contributed by atoms with Crippen molar-refractivity contribution >= 4 is 34.2 Å². The molecule has 1 aliphatic carbocycles. The van der Waals surface area contributed by atoms with Crippen LogP contribution in [0, 0.1) is 6.92 Å². The van der Waals surface area contributed by atoms with Crippen LogP contribution in [0.25, 0.3) is 0 Å². The molecule has 1 heterocycles. The number of benzene rings is 2. The third-order valence-electron chi connectivity index (χ3n) is 5.49. The topological polar surface area (TPSA) is 101 Å². The largest absolute Gasteiger partial charge is 0.493 e. The van der Waals surface area contributed by atoms with Gasteiger partial charge in [0.1, 0.15) is 5.75 Å². The summed E-state index contributed by atoms with van der Waals surface area (Å²) in [6.07, 6.45) is 2.56. The average molecular weight is 452 g/mol. The normalized spacial score (nSPS) is 14.6. The summed E-state index contributed by atoms with van der Waals surface area (Å²) >= 11 is 1.43. The molecule has 0 fully saturated rings. The Morgan fingerprint density at radius 1 is 1.19 bits per heavy atom. The molecule has 0 spiro atoms.